The molecule has 3 N–H and O–H groups in total. The van der Waals surface area contributed by atoms with Crippen LogP contribution in [0.5, 0.6) is 5.75 Å². The molecular formula is C27H30N3O9P. The van der Waals surface area contributed by atoms with Crippen molar-refractivity contribution in [1.29, 1.82) is 0 Å². The predicted octanol–water partition coefficient (Wildman–Crippen LogP) is 2.50. The number of para-hydroxylation sites is 1. The maximum Gasteiger partial charge on any atom is 0.459 e. The number of hydrogen-bond donors (Lipinski definition) is 3. The van der Waals surface area contributed by atoms with E-state index in [1.165, 1.54) is 23.8 Å². The van der Waals surface area contributed by atoms with Crippen LogP contribution in [0.4, 0.5) is 0 Å². The van der Waals surface area contributed by atoms with E-state index < -0.39 is 54.9 Å². The Morgan fingerprint density at radius 3 is 2.48 bits per heavy atom. The topological polar surface area (TPSA) is 158 Å². The van der Waals surface area contributed by atoms with Crippen molar-refractivity contribution in [1.82, 2.24) is 14.6 Å². The average Bonchev–Trinajstić information content (AvgIpc) is 3.70. The second kappa shape index (κ2) is 11.5. The SMILES string of the molecule is C[C@@H](NP(=O)(OC[C@H]1O[C@@H](n2ccc(=O)[nH]c2=O)C2(CC2)[C@@H]1O)Oc1ccccc1)C(=O)OCc1ccccc1. The molecule has 1 unspecified atom stereocenters. The quantitative estimate of drug-likeness (QED) is 0.231. The summed E-state index contributed by atoms with van der Waals surface area (Å²) in [6, 6.07) is 17.5. The standard InChI is InChI=1S/C27H30N3O9P/c1-18(24(33)36-16-19-8-4-2-5-9-19)29-40(35,39-20-10-6-3-7-11-20)37-17-21-23(32)27(13-14-27)25(38-21)30-15-12-22(31)28-26(30)34/h2-12,15,18,21,23,25,32H,13-14,16-17H2,1H3,(H,29,35)(H,28,31,34)/t18-,21-,23-,25-,40?/m1/s1. The first kappa shape index (κ1) is 28.0. The largest absolute Gasteiger partial charge is 0.460 e. The minimum absolute atomic E-state index is 0.0338. The van der Waals surface area contributed by atoms with E-state index in [9.17, 15) is 24.1 Å². The molecule has 12 nitrogen and oxygen atoms in total. The number of carbonyl (C=O) groups excluding carboxylic acids is 1. The van der Waals surface area contributed by atoms with Crippen LogP contribution in [0, 0.1) is 5.41 Å². The zero-order valence-corrected chi connectivity index (χ0v) is 22.6. The van der Waals surface area contributed by atoms with Crippen molar-refractivity contribution in [3.63, 3.8) is 0 Å². The number of aliphatic hydroxyl groups is 1. The lowest BCUT2D eigenvalue weighted by Crippen LogP contribution is -2.37. The molecule has 212 valence electrons. The van der Waals surface area contributed by atoms with Crippen LogP contribution < -0.4 is 20.9 Å². The normalized spacial score (nSPS) is 23.3. The lowest BCUT2D eigenvalue weighted by molar-refractivity contribution is -0.146. The van der Waals surface area contributed by atoms with E-state index in [1.807, 2.05) is 30.3 Å². The van der Waals surface area contributed by atoms with Gasteiger partial charge in [0.25, 0.3) is 5.56 Å². The molecule has 1 saturated carbocycles. The molecule has 0 amide bonds. The van der Waals surface area contributed by atoms with Crippen molar-refractivity contribution < 1.29 is 33.0 Å². The summed E-state index contributed by atoms with van der Waals surface area (Å²) in [5, 5.41) is 13.7. The van der Waals surface area contributed by atoms with E-state index >= 15 is 0 Å². The van der Waals surface area contributed by atoms with E-state index in [-0.39, 0.29) is 19.0 Å². The summed E-state index contributed by atoms with van der Waals surface area (Å²) in [7, 11) is -4.21. The molecule has 1 aliphatic carbocycles. The zero-order chi connectivity index (χ0) is 28.3. The van der Waals surface area contributed by atoms with Gasteiger partial charge in [-0.2, -0.15) is 5.09 Å². The van der Waals surface area contributed by atoms with Crippen molar-refractivity contribution in [2.45, 2.75) is 50.8 Å². The average molecular weight is 572 g/mol. The number of aromatic nitrogens is 2. The minimum Gasteiger partial charge on any atom is -0.460 e. The van der Waals surface area contributed by atoms with E-state index in [4.69, 9.17) is 18.5 Å². The number of aliphatic hydroxyl groups excluding tert-OH is 1. The third kappa shape index (κ3) is 6.11. The van der Waals surface area contributed by atoms with Gasteiger partial charge in [-0.1, -0.05) is 48.5 Å². The van der Waals surface area contributed by atoms with Gasteiger partial charge in [0.2, 0.25) is 0 Å². The minimum atomic E-state index is -4.21. The number of nitrogens with one attached hydrogen (secondary N) is 2. The van der Waals surface area contributed by atoms with Crippen LogP contribution in [0.2, 0.25) is 0 Å². The lowest BCUT2D eigenvalue weighted by atomic mass is 9.96. The highest BCUT2D eigenvalue weighted by atomic mass is 31.2. The summed E-state index contributed by atoms with van der Waals surface area (Å²) in [5.74, 6) is -0.441. The van der Waals surface area contributed by atoms with Crippen LogP contribution in [0.25, 0.3) is 0 Å². The molecule has 0 radical (unpaired) electrons. The van der Waals surface area contributed by atoms with Crippen LogP contribution in [0.1, 0.15) is 31.6 Å². The summed E-state index contributed by atoms with van der Waals surface area (Å²) in [6.45, 7) is 1.13. The number of rotatable bonds is 11. The second-order valence-corrected chi connectivity index (χ2v) is 11.6. The number of hydrogen-bond acceptors (Lipinski definition) is 9. The van der Waals surface area contributed by atoms with Gasteiger partial charge in [0.05, 0.1) is 12.7 Å². The van der Waals surface area contributed by atoms with Crippen molar-refractivity contribution in [3.05, 3.63) is 99.3 Å². The monoisotopic (exact) mass is 571 g/mol. The van der Waals surface area contributed by atoms with Gasteiger partial charge in [-0.3, -0.25) is 23.7 Å². The smallest absolute Gasteiger partial charge is 0.459 e. The fourth-order valence-electron chi connectivity index (χ4n) is 4.69. The number of esters is 1. The van der Waals surface area contributed by atoms with Crippen LogP contribution >= 0.6 is 7.75 Å². The van der Waals surface area contributed by atoms with Gasteiger partial charge in [-0.15, -0.1) is 0 Å². The highest BCUT2D eigenvalue weighted by molar-refractivity contribution is 7.52. The maximum absolute atomic E-state index is 13.9. The maximum atomic E-state index is 13.9. The van der Waals surface area contributed by atoms with Crippen molar-refractivity contribution in [2.24, 2.45) is 5.41 Å². The number of ether oxygens (including phenoxy) is 2. The van der Waals surface area contributed by atoms with Crippen LogP contribution in [-0.2, 0) is 30.0 Å². The Kier molecular flexibility index (Phi) is 8.07. The van der Waals surface area contributed by atoms with Crippen molar-refractivity contribution >= 4 is 13.7 Å². The Balaban J connectivity index is 1.29. The Hall–Kier alpha value is -3.54. The van der Waals surface area contributed by atoms with E-state index in [0.29, 0.717) is 12.8 Å². The van der Waals surface area contributed by atoms with Gasteiger partial charge in [-0.25, -0.2) is 9.36 Å². The Morgan fingerprint density at radius 1 is 1.15 bits per heavy atom. The number of H-pyrrole nitrogens is 1. The third-order valence-corrected chi connectivity index (χ3v) is 8.62. The Bertz CT molecular complexity index is 1490. The molecule has 2 aliphatic rings. The number of carbonyl (C=O) groups is 1. The number of aromatic amines is 1. The first-order chi connectivity index (χ1) is 19.2. The van der Waals surface area contributed by atoms with E-state index in [0.717, 1.165) is 5.56 Å². The highest BCUT2D eigenvalue weighted by Gasteiger charge is 2.64. The van der Waals surface area contributed by atoms with E-state index in [1.54, 1.807) is 30.3 Å². The summed E-state index contributed by atoms with van der Waals surface area (Å²) in [5.41, 5.74) is -1.17. The molecule has 2 fully saturated rings. The number of nitrogens with zero attached hydrogens (tertiary/aromatic N) is 1. The van der Waals surface area contributed by atoms with Gasteiger partial charge in [0.15, 0.2) is 0 Å². The molecule has 0 bridgehead atoms. The van der Waals surface area contributed by atoms with Crippen molar-refractivity contribution in [3.8, 4) is 5.75 Å². The fraction of sp³-hybridized carbons (Fsp3) is 0.370. The third-order valence-electron chi connectivity index (χ3n) is 6.97. The second-order valence-electron chi connectivity index (χ2n) is 9.86. The van der Waals surface area contributed by atoms with Crippen LogP contribution in [0.3, 0.4) is 0 Å². The molecule has 5 atom stereocenters. The van der Waals surface area contributed by atoms with Crippen LogP contribution in [-0.4, -0.2) is 45.5 Å². The summed E-state index contributed by atoms with van der Waals surface area (Å²) >= 11 is 0. The molecule has 5 rings (SSSR count). The molecule has 2 heterocycles. The summed E-state index contributed by atoms with van der Waals surface area (Å²) < 4.78 is 37.8. The highest BCUT2D eigenvalue weighted by Crippen LogP contribution is 2.62. The van der Waals surface area contributed by atoms with Gasteiger partial charge >= 0.3 is 19.4 Å². The molecular weight excluding hydrogens is 541 g/mol. The molecule has 1 spiro atoms. The van der Waals surface area contributed by atoms with Crippen molar-refractivity contribution in [2.75, 3.05) is 6.61 Å². The molecule has 40 heavy (non-hydrogen) atoms. The molecule has 1 saturated heterocycles. The van der Waals surface area contributed by atoms with E-state index in [2.05, 4.69) is 10.1 Å². The summed E-state index contributed by atoms with van der Waals surface area (Å²) in [6.07, 6.45) is -0.385. The lowest BCUT2D eigenvalue weighted by Gasteiger charge is -2.24. The van der Waals surface area contributed by atoms with Crippen LogP contribution in [0.15, 0.2) is 82.5 Å². The molecule has 13 heteroatoms. The van der Waals surface area contributed by atoms with Gasteiger partial charge in [-0.05, 0) is 37.5 Å². The van der Waals surface area contributed by atoms with Gasteiger partial charge < -0.3 is 19.1 Å². The summed E-state index contributed by atoms with van der Waals surface area (Å²) in [4.78, 5) is 38.8. The fourth-order valence-corrected chi connectivity index (χ4v) is 6.19. The Morgan fingerprint density at radius 2 is 1.82 bits per heavy atom. The first-order valence-electron chi connectivity index (χ1n) is 12.8. The van der Waals surface area contributed by atoms with Gasteiger partial charge in [0.1, 0.15) is 30.7 Å². The first-order valence-corrected chi connectivity index (χ1v) is 14.4. The molecule has 3 aromatic rings. The Labute approximate surface area is 229 Å². The predicted molar refractivity (Wildman–Crippen MR) is 142 cm³/mol. The molecule has 1 aromatic heterocycles. The zero-order valence-electron chi connectivity index (χ0n) is 21.7. The van der Waals surface area contributed by atoms with Gasteiger partial charge in [0, 0.05) is 17.7 Å². The molecule has 1 aliphatic heterocycles. The number of benzene rings is 2. The molecule has 2 aromatic carbocycles.